The van der Waals surface area contributed by atoms with Gasteiger partial charge in [0.2, 0.25) is 0 Å². The van der Waals surface area contributed by atoms with Crippen LogP contribution in [0, 0.1) is 5.92 Å². The van der Waals surface area contributed by atoms with E-state index in [9.17, 15) is 4.79 Å². The zero-order valence-corrected chi connectivity index (χ0v) is 10.5. The Morgan fingerprint density at radius 2 is 2.35 bits per heavy atom. The van der Waals surface area contributed by atoms with Crippen LogP contribution in [0.15, 0.2) is 16.5 Å². The van der Waals surface area contributed by atoms with Gasteiger partial charge in [-0.15, -0.1) is 0 Å². The van der Waals surface area contributed by atoms with Gasteiger partial charge in [0.05, 0.1) is 0 Å². The maximum absolute atomic E-state index is 12.2. The lowest BCUT2D eigenvalue weighted by molar-refractivity contribution is 0.0639. The van der Waals surface area contributed by atoms with Crippen LogP contribution in [-0.2, 0) is 6.42 Å². The van der Waals surface area contributed by atoms with Crippen LogP contribution < -0.4 is 5.73 Å². The average molecular weight is 236 g/mol. The van der Waals surface area contributed by atoms with Crippen LogP contribution >= 0.6 is 0 Å². The molecule has 1 aliphatic heterocycles. The number of carbonyl (C=O) groups is 1. The van der Waals surface area contributed by atoms with Crippen LogP contribution in [0.1, 0.15) is 36.6 Å². The average Bonchev–Trinajstić information content (AvgIpc) is 2.80. The van der Waals surface area contributed by atoms with E-state index >= 15 is 0 Å². The van der Waals surface area contributed by atoms with Gasteiger partial charge in [-0.05, 0) is 24.5 Å². The number of likely N-dealkylation sites (tertiary alicyclic amines) is 1. The first-order valence-corrected chi connectivity index (χ1v) is 6.25. The summed E-state index contributed by atoms with van der Waals surface area (Å²) >= 11 is 0. The number of hydrogen-bond acceptors (Lipinski definition) is 3. The third-order valence-electron chi connectivity index (χ3n) is 3.52. The number of piperidine rings is 1. The molecule has 0 aromatic carbocycles. The molecule has 94 valence electrons. The van der Waals surface area contributed by atoms with Gasteiger partial charge < -0.3 is 15.1 Å². The first-order chi connectivity index (χ1) is 8.11. The first kappa shape index (κ1) is 12.2. The van der Waals surface area contributed by atoms with Gasteiger partial charge in [0.25, 0.3) is 5.91 Å². The highest BCUT2D eigenvalue weighted by Crippen LogP contribution is 2.18. The smallest absolute Gasteiger partial charge is 0.289 e. The van der Waals surface area contributed by atoms with Gasteiger partial charge in [-0.1, -0.05) is 13.8 Å². The molecule has 0 radical (unpaired) electrons. The molecule has 2 rings (SSSR count). The minimum atomic E-state index is -0.0351. The van der Waals surface area contributed by atoms with Gasteiger partial charge >= 0.3 is 0 Å². The van der Waals surface area contributed by atoms with Crippen LogP contribution in [0.25, 0.3) is 0 Å². The van der Waals surface area contributed by atoms with E-state index < -0.39 is 0 Å². The summed E-state index contributed by atoms with van der Waals surface area (Å²) in [6, 6.07) is 3.69. The van der Waals surface area contributed by atoms with Crippen molar-refractivity contribution in [2.75, 3.05) is 13.1 Å². The molecule has 1 aromatic rings. The number of hydrogen-bond donors (Lipinski definition) is 1. The molecule has 2 heterocycles. The van der Waals surface area contributed by atoms with Crippen molar-refractivity contribution in [1.29, 1.82) is 0 Å². The molecule has 2 N–H and O–H groups in total. The molecule has 2 atom stereocenters. The Balaban J connectivity index is 2.05. The number of carbonyl (C=O) groups excluding carboxylic acids is 1. The minimum absolute atomic E-state index is 0.0351. The predicted molar refractivity (Wildman–Crippen MR) is 65.7 cm³/mol. The fourth-order valence-corrected chi connectivity index (χ4v) is 2.12. The molecule has 0 bridgehead atoms. The van der Waals surface area contributed by atoms with Crippen LogP contribution in [0.4, 0.5) is 0 Å². The van der Waals surface area contributed by atoms with Crippen molar-refractivity contribution in [2.45, 2.75) is 32.7 Å². The zero-order chi connectivity index (χ0) is 12.4. The molecule has 1 aliphatic rings. The molecule has 2 unspecified atom stereocenters. The zero-order valence-electron chi connectivity index (χ0n) is 10.5. The minimum Gasteiger partial charge on any atom is -0.456 e. The number of aryl methyl sites for hydroxylation is 1. The topological polar surface area (TPSA) is 59.5 Å². The van der Waals surface area contributed by atoms with E-state index in [0.717, 1.165) is 25.1 Å². The molecule has 17 heavy (non-hydrogen) atoms. The summed E-state index contributed by atoms with van der Waals surface area (Å²) in [5, 5.41) is 0. The summed E-state index contributed by atoms with van der Waals surface area (Å²) in [7, 11) is 0. The van der Waals surface area contributed by atoms with Crippen molar-refractivity contribution in [3.05, 3.63) is 23.7 Å². The third-order valence-corrected chi connectivity index (χ3v) is 3.52. The van der Waals surface area contributed by atoms with Gasteiger partial charge in [0, 0.05) is 25.6 Å². The van der Waals surface area contributed by atoms with Crippen LogP contribution in [0.5, 0.6) is 0 Å². The van der Waals surface area contributed by atoms with E-state index in [1.54, 1.807) is 11.0 Å². The van der Waals surface area contributed by atoms with Crippen molar-refractivity contribution < 1.29 is 9.21 Å². The highest BCUT2D eigenvalue weighted by molar-refractivity contribution is 5.91. The van der Waals surface area contributed by atoms with Crippen LogP contribution in [0.3, 0.4) is 0 Å². The van der Waals surface area contributed by atoms with Gasteiger partial charge in [0.15, 0.2) is 5.76 Å². The first-order valence-electron chi connectivity index (χ1n) is 6.25. The molecule has 1 saturated heterocycles. The summed E-state index contributed by atoms with van der Waals surface area (Å²) < 4.78 is 5.48. The van der Waals surface area contributed by atoms with Crippen molar-refractivity contribution in [3.8, 4) is 0 Å². The second kappa shape index (κ2) is 4.92. The Bertz CT molecular complexity index is 400. The summed E-state index contributed by atoms with van der Waals surface area (Å²) in [5.74, 6) is 1.74. The number of furan rings is 1. The monoisotopic (exact) mass is 236 g/mol. The van der Waals surface area contributed by atoms with Crippen LogP contribution in [0.2, 0.25) is 0 Å². The predicted octanol–water partition coefficient (Wildman–Crippen LogP) is 1.65. The molecular weight excluding hydrogens is 216 g/mol. The largest absolute Gasteiger partial charge is 0.456 e. The third kappa shape index (κ3) is 2.52. The number of nitrogens with zero attached hydrogens (tertiary/aromatic N) is 1. The molecule has 1 aromatic heterocycles. The lowest BCUT2D eigenvalue weighted by Crippen LogP contribution is -2.49. The normalized spacial score (nSPS) is 25.0. The molecule has 0 saturated carbocycles. The van der Waals surface area contributed by atoms with Gasteiger partial charge in [-0.2, -0.15) is 0 Å². The van der Waals surface area contributed by atoms with E-state index in [-0.39, 0.29) is 11.9 Å². The van der Waals surface area contributed by atoms with Gasteiger partial charge in [-0.25, -0.2) is 0 Å². The Kier molecular flexibility index (Phi) is 3.52. The number of nitrogens with two attached hydrogens (primary N) is 1. The summed E-state index contributed by atoms with van der Waals surface area (Å²) in [6.45, 7) is 5.54. The summed E-state index contributed by atoms with van der Waals surface area (Å²) in [6.07, 6.45) is 1.78. The van der Waals surface area contributed by atoms with Gasteiger partial charge in [-0.3, -0.25) is 4.79 Å². The number of rotatable bonds is 2. The Hall–Kier alpha value is -1.29. The molecule has 4 nitrogen and oxygen atoms in total. The van der Waals surface area contributed by atoms with Crippen molar-refractivity contribution in [3.63, 3.8) is 0 Å². The fourth-order valence-electron chi connectivity index (χ4n) is 2.12. The highest BCUT2D eigenvalue weighted by Gasteiger charge is 2.28. The second-order valence-electron chi connectivity index (χ2n) is 4.80. The Morgan fingerprint density at radius 1 is 1.59 bits per heavy atom. The molecule has 0 spiro atoms. The van der Waals surface area contributed by atoms with E-state index in [4.69, 9.17) is 10.2 Å². The van der Waals surface area contributed by atoms with E-state index in [0.29, 0.717) is 18.2 Å². The standard InChI is InChI=1S/C13H20N2O2/c1-3-10-4-5-12(17-10)13(16)15-7-6-9(2)11(14)8-15/h4-5,9,11H,3,6-8,14H2,1-2H3. The van der Waals surface area contributed by atoms with E-state index in [1.165, 1.54) is 0 Å². The maximum Gasteiger partial charge on any atom is 0.289 e. The van der Waals surface area contributed by atoms with Crippen molar-refractivity contribution in [2.24, 2.45) is 11.7 Å². The van der Waals surface area contributed by atoms with E-state index in [2.05, 4.69) is 6.92 Å². The molecule has 1 amide bonds. The number of amides is 1. The van der Waals surface area contributed by atoms with E-state index in [1.807, 2.05) is 13.0 Å². The maximum atomic E-state index is 12.2. The highest BCUT2D eigenvalue weighted by atomic mass is 16.4. The molecule has 1 fully saturated rings. The van der Waals surface area contributed by atoms with Crippen molar-refractivity contribution >= 4 is 5.91 Å². The quantitative estimate of drug-likeness (QED) is 0.849. The lowest BCUT2D eigenvalue weighted by Gasteiger charge is -2.34. The Morgan fingerprint density at radius 3 is 2.94 bits per heavy atom. The summed E-state index contributed by atoms with van der Waals surface area (Å²) in [4.78, 5) is 14.0. The van der Waals surface area contributed by atoms with Gasteiger partial charge in [0.1, 0.15) is 5.76 Å². The van der Waals surface area contributed by atoms with Crippen LogP contribution in [-0.4, -0.2) is 29.9 Å². The molecule has 0 aliphatic carbocycles. The Labute approximate surface area is 102 Å². The lowest BCUT2D eigenvalue weighted by atomic mass is 9.94. The fraction of sp³-hybridized carbons (Fsp3) is 0.615. The SMILES string of the molecule is CCc1ccc(C(=O)N2CCC(C)C(N)C2)o1. The molecule has 4 heteroatoms. The molecular formula is C13H20N2O2. The van der Waals surface area contributed by atoms with Crippen molar-refractivity contribution in [1.82, 2.24) is 4.90 Å². The summed E-state index contributed by atoms with van der Waals surface area (Å²) in [5.41, 5.74) is 5.99. The second-order valence-corrected chi connectivity index (χ2v) is 4.80.